The van der Waals surface area contributed by atoms with Gasteiger partial charge in [0.2, 0.25) is 5.91 Å². The van der Waals surface area contributed by atoms with Gasteiger partial charge in [0.15, 0.2) is 5.16 Å². The van der Waals surface area contributed by atoms with Gasteiger partial charge in [0.25, 0.3) is 5.56 Å². The van der Waals surface area contributed by atoms with E-state index in [1.165, 1.54) is 23.1 Å². The summed E-state index contributed by atoms with van der Waals surface area (Å²) in [4.78, 5) is 31.0. The number of aryl methyl sites for hydroxylation is 2. The maximum absolute atomic E-state index is 12.1. The van der Waals surface area contributed by atoms with Crippen molar-refractivity contribution >= 4 is 44.9 Å². The van der Waals surface area contributed by atoms with Crippen LogP contribution < -0.4 is 10.9 Å². The van der Waals surface area contributed by atoms with Gasteiger partial charge in [-0.2, -0.15) is 0 Å². The second-order valence-electron chi connectivity index (χ2n) is 5.16. The summed E-state index contributed by atoms with van der Waals surface area (Å²) in [7, 11) is 0. The Morgan fingerprint density at radius 2 is 2.17 bits per heavy atom. The number of anilines is 1. The van der Waals surface area contributed by atoms with E-state index in [1.807, 2.05) is 37.4 Å². The summed E-state index contributed by atoms with van der Waals surface area (Å²) in [6.07, 6.45) is 0. The zero-order valence-corrected chi connectivity index (χ0v) is 14.3. The number of aromatic amines is 1. The summed E-state index contributed by atoms with van der Waals surface area (Å²) in [5.74, 6) is 0.0585. The Kier molecular flexibility index (Phi) is 4.49. The monoisotopic (exact) mass is 345 g/mol. The number of carbonyl (C=O) groups is 1. The standard InChI is InChI=1S/C16H15N3O2S2/c1-9-3-4-10(2)12(7-9)17-13(20)8-23-16-18-11-5-6-22-14(11)15(21)19-16/h3-7H,8H2,1-2H3,(H,17,20)(H,18,19,21). The Balaban J connectivity index is 1.68. The van der Waals surface area contributed by atoms with E-state index in [0.717, 1.165) is 16.8 Å². The van der Waals surface area contributed by atoms with Crippen molar-refractivity contribution in [3.8, 4) is 0 Å². The van der Waals surface area contributed by atoms with Crippen LogP contribution in [0.25, 0.3) is 10.2 Å². The molecule has 0 aliphatic carbocycles. The fourth-order valence-electron chi connectivity index (χ4n) is 2.11. The molecule has 1 amide bonds. The molecule has 118 valence electrons. The van der Waals surface area contributed by atoms with Gasteiger partial charge in [0.1, 0.15) is 4.70 Å². The van der Waals surface area contributed by atoms with E-state index in [-0.39, 0.29) is 17.2 Å². The molecule has 3 aromatic rings. The van der Waals surface area contributed by atoms with Crippen molar-refractivity contribution in [2.45, 2.75) is 19.0 Å². The molecule has 5 nitrogen and oxygen atoms in total. The lowest BCUT2D eigenvalue weighted by Crippen LogP contribution is -2.16. The van der Waals surface area contributed by atoms with Crippen LogP contribution in [0.1, 0.15) is 11.1 Å². The van der Waals surface area contributed by atoms with Crippen LogP contribution in [0.5, 0.6) is 0 Å². The SMILES string of the molecule is Cc1ccc(C)c(NC(=O)CSc2nc3ccsc3c(=O)[nH]2)c1. The highest BCUT2D eigenvalue weighted by Crippen LogP contribution is 2.20. The molecule has 0 aliphatic heterocycles. The van der Waals surface area contributed by atoms with Crippen LogP contribution in [-0.2, 0) is 4.79 Å². The number of carbonyl (C=O) groups excluding carboxylic acids is 1. The van der Waals surface area contributed by atoms with E-state index in [0.29, 0.717) is 15.4 Å². The first-order valence-electron chi connectivity index (χ1n) is 7.00. The number of hydrogen-bond acceptors (Lipinski definition) is 5. The highest BCUT2D eigenvalue weighted by atomic mass is 32.2. The number of fused-ring (bicyclic) bond motifs is 1. The topological polar surface area (TPSA) is 74.8 Å². The molecule has 0 bridgehead atoms. The number of thiophene rings is 1. The maximum Gasteiger partial charge on any atom is 0.269 e. The minimum Gasteiger partial charge on any atom is -0.325 e. The van der Waals surface area contributed by atoms with Crippen LogP contribution in [0.15, 0.2) is 39.6 Å². The van der Waals surface area contributed by atoms with Crippen LogP contribution in [0.4, 0.5) is 5.69 Å². The van der Waals surface area contributed by atoms with Crippen LogP contribution in [-0.4, -0.2) is 21.6 Å². The number of thioether (sulfide) groups is 1. The second-order valence-corrected chi connectivity index (χ2v) is 7.04. The number of benzene rings is 1. The summed E-state index contributed by atoms with van der Waals surface area (Å²) in [6.45, 7) is 3.93. The highest BCUT2D eigenvalue weighted by molar-refractivity contribution is 7.99. The van der Waals surface area contributed by atoms with Crippen molar-refractivity contribution in [1.29, 1.82) is 0 Å². The number of nitrogens with one attached hydrogen (secondary N) is 2. The molecule has 1 aromatic carbocycles. The number of rotatable bonds is 4. The molecule has 0 fully saturated rings. The van der Waals surface area contributed by atoms with E-state index < -0.39 is 0 Å². The van der Waals surface area contributed by atoms with Crippen LogP contribution >= 0.6 is 23.1 Å². The van der Waals surface area contributed by atoms with E-state index in [1.54, 1.807) is 6.07 Å². The van der Waals surface area contributed by atoms with E-state index in [9.17, 15) is 9.59 Å². The smallest absolute Gasteiger partial charge is 0.269 e. The van der Waals surface area contributed by atoms with Gasteiger partial charge in [-0.3, -0.25) is 9.59 Å². The third-order valence-electron chi connectivity index (χ3n) is 3.30. The third-order valence-corrected chi connectivity index (χ3v) is 5.08. The normalized spacial score (nSPS) is 10.9. The summed E-state index contributed by atoms with van der Waals surface area (Å²) >= 11 is 2.57. The molecule has 0 unspecified atom stereocenters. The minimum absolute atomic E-state index is 0.128. The highest BCUT2D eigenvalue weighted by Gasteiger charge is 2.09. The zero-order chi connectivity index (χ0) is 16.4. The van der Waals surface area contributed by atoms with Crippen LogP contribution in [0.2, 0.25) is 0 Å². The quantitative estimate of drug-likeness (QED) is 0.562. The van der Waals surface area contributed by atoms with Gasteiger partial charge >= 0.3 is 0 Å². The van der Waals surface area contributed by atoms with Crippen molar-refractivity contribution in [3.63, 3.8) is 0 Å². The Hall–Kier alpha value is -2.12. The number of H-pyrrole nitrogens is 1. The van der Waals surface area contributed by atoms with Gasteiger partial charge in [-0.1, -0.05) is 23.9 Å². The average Bonchev–Trinajstić information content (AvgIpc) is 2.98. The molecule has 23 heavy (non-hydrogen) atoms. The fourth-order valence-corrected chi connectivity index (χ4v) is 3.50. The average molecular weight is 345 g/mol. The molecule has 0 spiro atoms. The largest absolute Gasteiger partial charge is 0.325 e. The van der Waals surface area contributed by atoms with E-state index in [2.05, 4.69) is 15.3 Å². The maximum atomic E-state index is 12.1. The first-order valence-corrected chi connectivity index (χ1v) is 8.87. The number of amides is 1. The fraction of sp³-hybridized carbons (Fsp3) is 0.188. The molecular weight excluding hydrogens is 330 g/mol. The van der Waals surface area contributed by atoms with Crippen molar-refractivity contribution in [1.82, 2.24) is 9.97 Å². The van der Waals surface area contributed by atoms with Crippen molar-refractivity contribution in [3.05, 3.63) is 51.1 Å². The summed E-state index contributed by atoms with van der Waals surface area (Å²) in [5, 5.41) is 5.17. The zero-order valence-electron chi connectivity index (χ0n) is 12.7. The van der Waals surface area contributed by atoms with Gasteiger partial charge in [-0.25, -0.2) is 4.98 Å². The van der Waals surface area contributed by atoms with E-state index >= 15 is 0 Å². The van der Waals surface area contributed by atoms with Crippen molar-refractivity contribution < 1.29 is 4.79 Å². The van der Waals surface area contributed by atoms with Gasteiger partial charge in [0.05, 0.1) is 11.3 Å². The molecule has 2 aromatic heterocycles. The van der Waals surface area contributed by atoms with Crippen molar-refractivity contribution in [2.24, 2.45) is 0 Å². The van der Waals surface area contributed by atoms with Crippen molar-refractivity contribution in [2.75, 3.05) is 11.1 Å². The van der Waals surface area contributed by atoms with Crippen LogP contribution in [0, 0.1) is 13.8 Å². The predicted octanol–water partition coefficient (Wildman–Crippen LogP) is 3.33. The molecule has 0 atom stereocenters. The molecule has 2 heterocycles. The molecule has 0 saturated heterocycles. The molecule has 3 rings (SSSR count). The number of aromatic nitrogens is 2. The first-order chi connectivity index (χ1) is 11.0. The summed E-state index contributed by atoms with van der Waals surface area (Å²) < 4.78 is 0.606. The van der Waals surface area contributed by atoms with Gasteiger partial charge in [-0.05, 0) is 42.5 Å². The predicted molar refractivity (Wildman–Crippen MR) is 95.5 cm³/mol. The first kappa shape index (κ1) is 15.8. The molecule has 2 N–H and O–H groups in total. The Morgan fingerprint density at radius 3 is 3.00 bits per heavy atom. The minimum atomic E-state index is -0.164. The van der Waals surface area contributed by atoms with E-state index in [4.69, 9.17) is 0 Å². The summed E-state index contributed by atoms with van der Waals surface area (Å²) in [6, 6.07) is 7.72. The molecule has 7 heteroatoms. The number of nitrogens with zero attached hydrogens (tertiary/aromatic N) is 1. The second kappa shape index (κ2) is 6.55. The summed E-state index contributed by atoms with van der Waals surface area (Å²) in [5.41, 5.74) is 3.41. The lowest BCUT2D eigenvalue weighted by molar-refractivity contribution is -0.113. The van der Waals surface area contributed by atoms with Crippen LogP contribution in [0.3, 0.4) is 0 Å². The third kappa shape index (κ3) is 3.62. The lowest BCUT2D eigenvalue weighted by atomic mass is 10.1. The van der Waals surface area contributed by atoms with Gasteiger partial charge in [-0.15, -0.1) is 11.3 Å². The Morgan fingerprint density at radius 1 is 1.35 bits per heavy atom. The Bertz CT molecular complexity index is 930. The number of hydrogen-bond donors (Lipinski definition) is 2. The Labute approximate surface area is 141 Å². The molecule has 0 saturated carbocycles. The van der Waals surface area contributed by atoms with Gasteiger partial charge < -0.3 is 10.3 Å². The molecule has 0 radical (unpaired) electrons. The van der Waals surface area contributed by atoms with Gasteiger partial charge in [0, 0.05) is 5.69 Å². The molecular formula is C16H15N3O2S2. The lowest BCUT2D eigenvalue weighted by Gasteiger charge is -2.09. The molecule has 0 aliphatic rings.